The predicted octanol–water partition coefficient (Wildman–Crippen LogP) is 5.00. The van der Waals surface area contributed by atoms with E-state index < -0.39 is 0 Å². The van der Waals surface area contributed by atoms with Crippen molar-refractivity contribution in [3.05, 3.63) is 82.0 Å². The summed E-state index contributed by atoms with van der Waals surface area (Å²) in [6.07, 6.45) is 0.616. The van der Waals surface area contributed by atoms with Gasteiger partial charge < -0.3 is 9.47 Å². The van der Waals surface area contributed by atoms with Gasteiger partial charge in [0.15, 0.2) is 11.5 Å². The molecule has 0 spiro atoms. The van der Waals surface area contributed by atoms with Gasteiger partial charge in [0.1, 0.15) is 0 Å². The van der Waals surface area contributed by atoms with Crippen LogP contribution >= 0.6 is 11.3 Å². The molecule has 130 valence electrons. The maximum absolute atomic E-state index is 6.40. The van der Waals surface area contributed by atoms with Crippen LogP contribution in [0.25, 0.3) is 0 Å². The zero-order chi connectivity index (χ0) is 17.5. The van der Waals surface area contributed by atoms with E-state index in [9.17, 15) is 0 Å². The summed E-state index contributed by atoms with van der Waals surface area (Å²) >= 11 is 1.67. The number of para-hydroxylation sites is 1. The Morgan fingerprint density at radius 2 is 2.00 bits per heavy atom. The second kappa shape index (κ2) is 6.18. The van der Waals surface area contributed by atoms with Crippen LogP contribution in [0.1, 0.15) is 35.4 Å². The Kier molecular flexibility index (Phi) is 3.68. The van der Waals surface area contributed by atoms with Crippen molar-refractivity contribution in [1.82, 2.24) is 5.01 Å². The van der Waals surface area contributed by atoms with Gasteiger partial charge >= 0.3 is 0 Å². The minimum Gasteiger partial charge on any atom is -0.493 e. The second-order valence-electron chi connectivity index (χ2n) is 6.42. The topological polar surface area (TPSA) is 34.1 Å². The van der Waals surface area contributed by atoms with Gasteiger partial charge in [-0.2, -0.15) is 16.4 Å². The average molecular weight is 362 g/mol. The fourth-order valence-corrected chi connectivity index (χ4v) is 4.35. The van der Waals surface area contributed by atoms with Gasteiger partial charge in [-0.1, -0.05) is 42.5 Å². The Hall–Kier alpha value is -2.79. The fourth-order valence-electron chi connectivity index (χ4n) is 3.69. The molecule has 5 heteroatoms. The normalized spacial score (nSPS) is 20.8. The molecule has 0 saturated carbocycles. The van der Waals surface area contributed by atoms with E-state index in [2.05, 4.69) is 52.2 Å². The lowest BCUT2D eigenvalue weighted by Crippen LogP contribution is -2.33. The Labute approximate surface area is 156 Å². The fraction of sp³-hybridized carbons (Fsp3) is 0.190. The Balaban J connectivity index is 1.62. The quantitative estimate of drug-likeness (QED) is 0.658. The number of rotatable bonds is 3. The molecule has 26 heavy (non-hydrogen) atoms. The number of nitrogens with zero attached hydrogens (tertiary/aromatic N) is 2. The third-order valence-electron chi connectivity index (χ3n) is 4.94. The standard InChI is InChI=1S/C21H18N2O2S/c1-24-19-9-5-8-16-18-12-17(14-6-3-2-4-7-14)22-23(18)21(25-20(16)19)15-10-11-26-13-15/h2-11,13,18,21H,12H2,1H3/t18-,21-/m1/s1. The number of hydrogen-bond acceptors (Lipinski definition) is 5. The van der Waals surface area contributed by atoms with E-state index in [-0.39, 0.29) is 12.3 Å². The van der Waals surface area contributed by atoms with Crippen molar-refractivity contribution >= 4 is 17.0 Å². The smallest absolute Gasteiger partial charge is 0.214 e. The molecule has 2 aliphatic heterocycles. The molecule has 4 nitrogen and oxygen atoms in total. The average Bonchev–Trinajstić information content (AvgIpc) is 3.37. The lowest BCUT2D eigenvalue weighted by Gasteiger charge is -2.38. The number of methoxy groups -OCH3 is 1. The first-order valence-corrected chi connectivity index (χ1v) is 9.56. The van der Waals surface area contributed by atoms with Crippen LogP contribution in [0.3, 0.4) is 0 Å². The molecule has 3 heterocycles. The van der Waals surface area contributed by atoms with Gasteiger partial charge in [-0.25, -0.2) is 5.01 Å². The number of hydrazone groups is 1. The monoisotopic (exact) mass is 362 g/mol. The van der Waals surface area contributed by atoms with Gasteiger partial charge in [0.25, 0.3) is 0 Å². The Bertz CT molecular complexity index is 953. The van der Waals surface area contributed by atoms with Crippen LogP contribution in [0.2, 0.25) is 0 Å². The van der Waals surface area contributed by atoms with Crippen molar-refractivity contribution in [2.75, 3.05) is 7.11 Å². The zero-order valence-corrected chi connectivity index (χ0v) is 15.1. The molecule has 2 atom stereocenters. The molecule has 0 unspecified atom stereocenters. The van der Waals surface area contributed by atoms with Crippen molar-refractivity contribution in [2.24, 2.45) is 5.10 Å². The maximum atomic E-state index is 6.40. The minimum atomic E-state index is -0.240. The summed E-state index contributed by atoms with van der Waals surface area (Å²) in [5, 5.41) is 11.3. The second-order valence-corrected chi connectivity index (χ2v) is 7.20. The highest BCUT2D eigenvalue weighted by Crippen LogP contribution is 2.50. The molecule has 0 saturated heterocycles. The SMILES string of the molecule is COc1cccc2c1O[C@H](c1ccsc1)N1N=C(c3ccccc3)C[C@H]21. The maximum Gasteiger partial charge on any atom is 0.214 e. The van der Waals surface area contributed by atoms with Gasteiger partial charge in [-0.3, -0.25) is 0 Å². The number of benzene rings is 2. The van der Waals surface area contributed by atoms with Crippen LogP contribution in [0, 0.1) is 0 Å². The lowest BCUT2D eigenvalue weighted by atomic mass is 9.96. The number of ether oxygens (including phenoxy) is 2. The molecule has 0 radical (unpaired) electrons. The van der Waals surface area contributed by atoms with Crippen molar-refractivity contribution in [1.29, 1.82) is 0 Å². The van der Waals surface area contributed by atoms with E-state index in [1.807, 2.05) is 18.2 Å². The molecule has 0 aliphatic carbocycles. The molecule has 1 aromatic heterocycles. The van der Waals surface area contributed by atoms with Crippen molar-refractivity contribution in [3.8, 4) is 11.5 Å². The van der Waals surface area contributed by atoms with Crippen LogP contribution in [0.5, 0.6) is 11.5 Å². The third kappa shape index (κ3) is 2.39. The molecule has 0 N–H and O–H groups in total. The summed E-state index contributed by atoms with van der Waals surface area (Å²) in [6.45, 7) is 0. The zero-order valence-electron chi connectivity index (χ0n) is 14.3. The molecular formula is C21H18N2O2S. The highest BCUT2D eigenvalue weighted by Gasteiger charge is 2.42. The lowest BCUT2D eigenvalue weighted by molar-refractivity contribution is -0.0206. The van der Waals surface area contributed by atoms with Crippen molar-refractivity contribution in [2.45, 2.75) is 18.7 Å². The number of fused-ring (bicyclic) bond motifs is 3. The summed E-state index contributed by atoms with van der Waals surface area (Å²) < 4.78 is 12.0. The molecule has 5 rings (SSSR count). The van der Waals surface area contributed by atoms with E-state index >= 15 is 0 Å². The molecule has 2 aromatic carbocycles. The Morgan fingerprint density at radius 1 is 1.12 bits per heavy atom. The summed E-state index contributed by atoms with van der Waals surface area (Å²) in [5.74, 6) is 1.60. The van der Waals surface area contributed by atoms with Gasteiger partial charge in [0.05, 0.1) is 18.9 Å². The van der Waals surface area contributed by atoms with E-state index in [0.29, 0.717) is 0 Å². The van der Waals surface area contributed by atoms with Gasteiger partial charge in [-0.15, -0.1) is 0 Å². The van der Waals surface area contributed by atoms with E-state index in [1.165, 1.54) is 0 Å². The first-order valence-electron chi connectivity index (χ1n) is 8.62. The summed E-state index contributed by atoms with van der Waals surface area (Å²) in [6, 6.07) is 18.7. The van der Waals surface area contributed by atoms with Crippen LogP contribution in [-0.2, 0) is 0 Å². The van der Waals surface area contributed by atoms with Crippen LogP contribution in [0.4, 0.5) is 0 Å². The number of hydrogen-bond donors (Lipinski definition) is 0. The first-order chi connectivity index (χ1) is 12.8. The molecule has 3 aromatic rings. The highest BCUT2D eigenvalue weighted by atomic mass is 32.1. The molecule has 0 amide bonds. The van der Waals surface area contributed by atoms with E-state index in [4.69, 9.17) is 14.6 Å². The predicted molar refractivity (Wildman–Crippen MR) is 103 cm³/mol. The molecule has 0 fully saturated rings. The highest BCUT2D eigenvalue weighted by molar-refractivity contribution is 7.07. The van der Waals surface area contributed by atoms with Crippen LogP contribution in [-0.4, -0.2) is 17.8 Å². The van der Waals surface area contributed by atoms with Gasteiger partial charge in [-0.05, 0) is 28.5 Å². The molecular weight excluding hydrogens is 344 g/mol. The van der Waals surface area contributed by atoms with Gasteiger partial charge in [0.2, 0.25) is 6.23 Å². The Morgan fingerprint density at radius 3 is 2.77 bits per heavy atom. The van der Waals surface area contributed by atoms with Crippen molar-refractivity contribution < 1.29 is 9.47 Å². The van der Waals surface area contributed by atoms with Crippen LogP contribution < -0.4 is 9.47 Å². The van der Waals surface area contributed by atoms with E-state index in [1.54, 1.807) is 18.4 Å². The number of thiophene rings is 1. The van der Waals surface area contributed by atoms with Crippen molar-refractivity contribution in [3.63, 3.8) is 0 Å². The molecule has 0 bridgehead atoms. The van der Waals surface area contributed by atoms with Gasteiger partial charge in [0, 0.05) is 17.5 Å². The first kappa shape index (κ1) is 15.5. The minimum absolute atomic E-state index is 0.147. The summed E-state index contributed by atoms with van der Waals surface area (Å²) in [7, 11) is 1.69. The largest absolute Gasteiger partial charge is 0.493 e. The van der Waals surface area contributed by atoms with Crippen LogP contribution in [0.15, 0.2) is 70.5 Å². The summed E-state index contributed by atoms with van der Waals surface area (Å²) in [5.41, 5.74) is 4.51. The summed E-state index contributed by atoms with van der Waals surface area (Å²) in [4.78, 5) is 0. The third-order valence-corrected chi connectivity index (χ3v) is 5.64. The molecule has 2 aliphatic rings. The van der Waals surface area contributed by atoms with E-state index in [0.717, 1.165) is 40.3 Å².